The number of carbonyl (C=O) groups is 1. The third kappa shape index (κ3) is 2.58. The van der Waals surface area contributed by atoms with E-state index in [0.717, 1.165) is 6.42 Å². The maximum absolute atomic E-state index is 12.5. The van der Waals surface area contributed by atoms with Crippen LogP contribution in [0, 0.1) is 6.92 Å². The zero-order valence-corrected chi connectivity index (χ0v) is 11.2. The number of aliphatic hydroxyl groups is 1. The van der Waals surface area contributed by atoms with Crippen molar-refractivity contribution in [2.24, 2.45) is 0 Å². The number of fused-ring (bicyclic) bond motifs is 1. The van der Waals surface area contributed by atoms with E-state index < -0.39 is 0 Å². The number of aryl methyl sites for hydroxylation is 1. The van der Waals surface area contributed by atoms with Crippen molar-refractivity contribution < 1.29 is 9.90 Å². The number of aliphatic hydroxyl groups excluding tert-OH is 1. The molecule has 0 atom stereocenters. The Morgan fingerprint density at radius 3 is 2.95 bits per heavy atom. The SMILES string of the molecule is CCCN(CCO)C(=O)c1c(C)nn2cccnc12. The van der Waals surface area contributed by atoms with Crippen molar-refractivity contribution in [1.29, 1.82) is 0 Å². The van der Waals surface area contributed by atoms with Gasteiger partial charge in [0.25, 0.3) is 5.91 Å². The molecule has 1 amide bonds. The van der Waals surface area contributed by atoms with E-state index in [2.05, 4.69) is 10.1 Å². The molecule has 102 valence electrons. The van der Waals surface area contributed by atoms with Crippen LogP contribution in [0.5, 0.6) is 0 Å². The molecule has 0 aliphatic carbocycles. The highest BCUT2D eigenvalue weighted by molar-refractivity contribution is 6.01. The normalized spacial score (nSPS) is 10.9. The van der Waals surface area contributed by atoms with Gasteiger partial charge in [0.2, 0.25) is 0 Å². The summed E-state index contributed by atoms with van der Waals surface area (Å²) in [6, 6.07) is 1.77. The molecule has 19 heavy (non-hydrogen) atoms. The van der Waals surface area contributed by atoms with Gasteiger partial charge in [-0.15, -0.1) is 0 Å². The molecule has 0 aromatic carbocycles. The minimum absolute atomic E-state index is 0.0442. The summed E-state index contributed by atoms with van der Waals surface area (Å²) in [4.78, 5) is 18.4. The average Bonchev–Trinajstić information content (AvgIpc) is 2.73. The van der Waals surface area contributed by atoms with Gasteiger partial charge in [-0.2, -0.15) is 5.10 Å². The molecule has 0 radical (unpaired) electrons. The number of aromatic nitrogens is 3. The molecule has 1 N–H and O–H groups in total. The molecule has 6 nitrogen and oxygen atoms in total. The summed E-state index contributed by atoms with van der Waals surface area (Å²) in [5.74, 6) is -0.123. The molecule has 0 aliphatic rings. The van der Waals surface area contributed by atoms with E-state index in [0.29, 0.717) is 30.0 Å². The number of carbonyl (C=O) groups excluding carboxylic acids is 1. The zero-order valence-electron chi connectivity index (χ0n) is 11.2. The maximum atomic E-state index is 12.5. The smallest absolute Gasteiger partial charge is 0.259 e. The minimum Gasteiger partial charge on any atom is -0.395 e. The highest BCUT2D eigenvalue weighted by Gasteiger charge is 2.22. The number of hydrogen-bond acceptors (Lipinski definition) is 4. The lowest BCUT2D eigenvalue weighted by molar-refractivity contribution is 0.0723. The summed E-state index contributed by atoms with van der Waals surface area (Å²) in [6.07, 6.45) is 4.25. The third-order valence-electron chi connectivity index (χ3n) is 2.93. The molecular weight excluding hydrogens is 244 g/mol. The van der Waals surface area contributed by atoms with E-state index in [1.165, 1.54) is 0 Å². The Hall–Kier alpha value is -1.95. The Labute approximate surface area is 111 Å². The van der Waals surface area contributed by atoms with E-state index in [9.17, 15) is 4.79 Å². The Morgan fingerprint density at radius 2 is 2.26 bits per heavy atom. The van der Waals surface area contributed by atoms with Crippen LogP contribution < -0.4 is 0 Å². The molecule has 2 aromatic rings. The van der Waals surface area contributed by atoms with Gasteiger partial charge in [0, 0.05) is 25.5 Å². The first-order chi connectivity index (χ1) is 9.19. The van der Waals surface area contributed by atoms with Crippen LogP contribution in [-0.4, -0.2) is 50.2 Å². The molecule has 2 heterocycles. The van der Waals surface area contributed by atoms with Gasteiger partial charge in [-0.3, -0.25) is 4.79 Å². The Bertz CT molecular complexity index is 573. The zero-order chi connectivity index (χ0) is 13.8. The van der Waals surface area contributed by atoms with Crippen LogP contribution in [0.15, 0.2) is 18.5 Å². The maximum Gasteiger partial charge on any atom is 0.259 e. The Morgan fingerprint density at radius 1 is 1.47 bits per heavy atom. The second-order valence-electron chi connectivity index (χ2n) is 4.36. The molecule has 6 heteroatoms. The highest BCUT2D eigenvalue weighted by atomic mass is 16.3. The fourth-order valence-electron chi connectivity index (χ4n) is 2.11. The second kappa shape index (κ2) is 5.79. The van der Waals surface area contributed by atoms with Crippen LogP contribution in [0.1, 0.15) is 29.4 Å². The van der Waals surface area contributed by atoms with Gasteiger partial charge in [0.05, 0.1) is 12.3 Å². The van der Waals surface area contributed by atoms with Crippen LogP contribution in [-0.2, 0) is 0 Å². The largest absolute Gasteiger partial charge is 0.395 e. The molecule has 0 saturated heterocycles. The lowest BCUT2D eigenvalue weighted by atomic mass is 10.2. The van der Waals surface area contributed by atoms with Gasteiger partial charge in [-0.25, -0.2) is 9.50 Å². The standard InChI is InChI=1S/C13H18N4O2/c1-3-6-16(8-9-18)13(19)11-10(2)15-17-7-4-5-14-12(11)17/h4-5,7,18H,3,6,8-9H2,1-2H3. The fourth-order valence-corrected chi connectivity index (χ4v) is 2.11. The van der Waals surface area contributed by atoms with Crippen LogP contribution in [0.3, 0.4) is 0 Å². The molecule has 2 aromatic heterocycles. The third-order valence-corrected chi connectivity index (χ3v) is 2.93. The van der Waals surface area contributed by atoms with E-state index in [4.69, 9.17) is 5.11 Å². The number of rotatable bonds is 5. The topological polar surface area (TPSA) is 70.7 Å². The predicted octanol–water partition coefficient (Wildman–Crippen LogP) is 0.882. The van der Waals surface area contributed by atoms with E-state index in [1.54, 1.807) is 34.8 Å². The monoisotopic (exact) mass is 262 g/mol. The first-order valence-corrected chi connectivity index (χ1v) is 6.39. The molecule has 0 saturated carbocycles. The van der Waals surface area contributed by atoms with Crippen LogP contribution in [0.25, 0.3) is 5.65 Å². The Balaban J connectivity index is 2.42. The molecule has 0 spiro atoms. The summed E-state index contributed by atoms with van der Waals surface area (Å²) in [5, 5.41) is 13.3. The molecule has 0 unspecified atom stereocenters. The van der Waals surface area contributed by atoms with Gasteiger partial charge < -0.3 is 10.0 Å². The van der Waals surface area contributed by atoms with Gasteiger partial charge >= 0.3 is 0 Å². The molecule has 0 aliphatic heterocycles. The molecule has 0 fully saturated rings. The lowest BCUT2D eigenvalue weighted by Gasteiger charge is -2.20. The first-order valence-electron chi connectivity index (χ1n) is 6.39. The van der Waals surface area contributed by atoms with Crippen molar-refractivity contribution in [1.82, 2.24) is 19.5 Å². The van der Waals surface area contributed by atoms with Gasteiger partial charge in [-0.1, -0.05) is 6.92 Å². The van der Waals surface area contributed by atoms with Crippen molar-refractivity contribution in [2.45, 2.75) is 20.3 Å². The van der Waals surface area contributed by atoms with E-state index in [-0.39, 0.29) is 12.5 Å². The van der Waals surface area contributed by atoms with Crippen molar-refractivity contribution >= 4 is 11.6 Å². The van der Waals surface area contributed by atoms with Crippen molar-refractivity contribution in [3.8, 4) is 0 Å². The van der Waals surface area contributed by atoms with Crippen LogP contribution >= 0.6 is 0 Å². The van der Waals surface area contributed by atoms with Crippen molar-refractivity contribution in [3.63, 3.8) is 0 Å². The lowest BCUT2D eigenvalue weighted by Crippen LogP contribution is -2.34. The van der Waals surface area contributed by atoms with Crippen LogP contribution in [0.4, 0.5) is 0 Å². The van der Waals surface area contributed by atoms with Crippen molar-refractivity contribution in [2.75, 3.05) is 19.7 Å². The summed E-state index contributed by atoms with van der Waals surface area (Å²) in [7, 11) is 0. The van der Waals surface area contributed by atoms with E-state index in [1.807, 2.05) is 6.92 Å². The van der Waals surface area contributed by atoms with Crippen molar-refractivity contribution in [3.05, 3.63) is 29.7 Å². The molecule has 0 bridgehead atoms. The summed E-state index contributed by atoms with van der Waals surface area (Å²) >= 11 is 0. The molecule has 2 rings (SSSR count). The summed E-state index contributed by atoms with van der Waals surface area (Å²) < 4.78 is 1.60. The van der Waals surface area contributed by atoms with Gasteiger partial charge in [0.1, 0.15) is 5.56 Å². The first kappa shape index (κ1) is 13.5. The second-order valence-corrected chi connectivity index (χ2v) is 4.36. The number of nitrogens with zero attached hydrogens (tertiary/aromatic N) is 4. The highest BCUT2D eigenvalue weighted by Crippen LogP contribution is 2.15. The van der Waals surface area contributed by atoms with Gasteiger partial charge in [0.15, 0.2) is 5.65 Å². The summed E-state index contributed by atoms with van der Waals surface area (Å²) in [5.41, 5.74) is 1.73. The predicted molar refractivity (Wildman–Crippen MR) is 71.0 cm³/mol. The number of amides is 1. The van der Waals surface area contributed by atoms with Gasteiger partial charge in [-0.05, 0) is 19.4 Å². The minimum atomic E-state index is -0.123. The fraction of sp³-hybridized carbons (Fsp3) is 0.462. The van der Waals surface area contributed by atoms with Crippen LogP contribution in [0.2, 0.25) is 0 Å². The number of hydrogen-bond donors (Lipinski definition) is 1. The Kier molecular flexibility index (Phi) is 4.11. The average molecular weight is 262 g/mol. The van der Waals surface area contributed by atoms with E-state index >= 15 is 0 Å². The quantitative estimate of drug-likeness (QED) is 0.868. The molecular formula is C13H18N4O2. The summed E-state index contributed by atoms with van der Waals surface area (Å²) in [6.45, 7) is 4.70.